The largest absolute Gasteiger partial charge is 0.598 e. The zero-order valence-corrected chi connectivity index (χ0v) is 12.5. The third kappa shape index (κ3) is 4.36. The highest BCUT2D eigenvalue weighted by molar-refractivity contribution is 7.90. The van der Waals surface area contributed by atoms with Gasteiger partial charge in [-0.3, -0.25) is 0 Å². The van der Waals surface area contributed by atoms with Gasteiger partial charge in [0.05, 0.1) is 0 Å². The van der Waals surface area contributed by atoms with Crippen LogP contribution in [0.5, 0.6) is 0 Å². The van der Waals surface area contributed by atoms with E-state index in [0.29, 0.717) is 0 Å². The van der Waals surface area contributed by atoms with E-state index in [2.05, 4.69) is 4.72 Å². The lowest BCUT2D eigenvalue weighted by molar-refractivity contribution is -0.168. The minimum absolute atomic E-state index is 0.292. The molecule has 1 rings (SSSR count). The number of nitrogens with one attached hydrogen (secondary N) is 1. The van der Waals surface area contributed by atoms with E-state index in [1.54, 1.807) is 0 Å². The summed E-state index contributed by atoms with van der Waals surface area (Å²) in [6.45, 7) is 4.62. The molecule has 1 aromatic rings. The van der Waals surface area contributed by atoms with E-state index in [1.165, 1.54) is 26.8 Å². The zero-order valence-electron chi connectivity index (χ0n) is 11.7. The van der Waals surface area contributed by atoms with Crippen LogP contribution in [-0.4, -0.2) is 26.3 Å². The van der Waals surface area contributed by atoms with Crippen LogP contribution in [0.3, 0.4) is 0 Å². The Morgan fingerprint density at radius 2 is 1.95 bits per heavy atom. The molecule has 0 heterocycles. The van der Waals surface area contributed by atoms with Gasteiger partial charge >= 0.3 is 11.9 Å². The SMILES string of the molecule is CC(C)(C)[S+]([O-])NC(c1cccc(F)c1)C(F)(F)C(=O)O. The minimum Gasteiger partial charge on any atom is -0.598 e. The Morgan fingerprint density at radius 3 is 2.38 bits per heavy atom. The van der Waals surface area contributed by atoms with Crippen LogP contribution in [0.4, 0.5) is 13.2 Å². The van der Waals surface area contributed by atoms with Gasteiger partial charge in [-0.05, 0) is 38.5 Å². The lowest BCUT2D eigenvalue weighted by Gasteiger charge is -2.30. The van der Waals surface area contributed by atoms with E-state index in [9.17, 15) is 22.5 Å². The van der Waals surface area contributed by atoms with Gasteiger partial charge in [0.1, 0.15) is 10.6 Å². The maximum Gasteiger partial charge on any atom is 0.376 e. The Labute approximate surface area is 123 Å². The monoisotopic (exact) mass is 323 g/mol. The molecule has 0 fully saturated rings. The standard InChI is InChI=1S/C13H16F3NO3S/c1-12(2,3)21(20)17-10(13(15,16)11(18)19)8-5-4-6-9(14)7-8/h4-7,10,17H,1-3H3,(H,18,19). The fourth-order valence-electron chi connectivity index (χ4n) is 1.44. The molecule has 0 aliphatic rings. The van der Waals surface area contributed by atoms with Crippen LogP contribution in [0.2, 0.25) is 0 Å². The molecule has 4 nitrogen and oxygen atoms in total. The third-order valence-electron chi connectivity index (χ3n) is 2.61. The molecule has 0 amide bonds. The molecular formula is C13H16F3NO3S. The lowest BCUT2D eigenvalue weighted by Crippen LogP contribution is -2.49. The van der Waals surface area contributed by atoms with Gasteiger partial charge in [-0.2, -0.15) is 8.78 Å². The summed E-state index contributed by atoms with van der Waals surface area (Å²) in [6, 6.07) is 2.05. The molecule has 0 spiro atoms. The van der Waals surface area contributed by atoms with E-state index < -0.39 is 39.9 Å². The predicted octanol–water partition coefficient (Wildman–Crippen LogP) is 2.64. The van der Waals surface area contributed by atoms with Gasteiger partial charge in [-0.15, -0.1) is 4.72 Å². The van der Waals surface area contributed by atoms with Crippen LogP contribution in [-0.2, 0) is 16.2 Å². The second-order valence-corrected chi connectivity index (χ2v) is 7.41. The maximum atomic E-state index is 13.9. The summed E-state index contributed by atoms with van der Waals surface area (Å²) in [5.74, 6) is -7.41. The highest BCUT2D eigenvalue weighted by Crippen LogP contribution is 2.34. The normalized spacial score (nSPS) is 15.6. The molecule has 2 N–H and O–H groups in total. The number of halogens is 3. The average molecular weight is 323 g/mol. The molecule has 0 aliphatic heterocycles. The number of aliphatic carboxylic acids is 1. The van der Waals surface area contributed by atoms with Crippen molar-refractivity contribution < 1.29 is 27.6 Å². The lowest BCUT2D eigenvalue weighted by atomic mass is 10.0. The van der Waals surface area contributed by atoms with E-state index >= 15 is 0 Å². The molecule has 8 heteroatoms. The number of hydrogen-bond donors (Lipinski definition) is 2. The van der Waals surface area contributed by atoms with Crippen molar-refractivity contribution >= 4 is 17.3 Å². The number of carboxylic acids is 1. The molecule has 21 heavy (non-hydrogen) atoms. The topological polar surface area (TPSA) is 72.4 Å². The van der Waals surface area contributed by atoms with Crippen LogP contribution in [0.15, 0.2) is 24.3 Å². The first-order chi connectivity index (χ1) is 9.46. The summed E-state index contributed by atoms with van der Waals surface area (Å²) in [5.41, 5.74) is -0.292. The molecule has 118 valence electrons. The van der Waals surface area contributed by atoms with Crippen LogP contribution in [0.25, 0.3) is 0 Å². The van der Waals surface area contributed by atoms with Gasteiger partial charge in [-0.1, -0.05) is 12.1 Å². The summed E-state index contributed by atoms with van der Waals surface area (Å²) < 4.78 is 54.1. The molecule has 0 aliphatic carbocycles. The third-order valence-corrected chi connectivity index (χ3v) is 4.17. The highest BCUT2D eigenvalue weighted by atomic mass is 32.2. The number of alkyl halides is 2. The van der Waals surface area contributed by atoms with Crippen molar-refractivity contribution in [2.45, 2.75) is 37.5 Å². The van der Waals surface area contributed by atoms with Crippen molar-refractivity contribution in [2.75, 3.05) is 0 Å². The predicted molar refractivity (Wildman–Crippen MR) is 72.8 cm³/mol. The van der Waals surface area contributed by atoms with Gasteiger partial charge in [0, 0.05) is 11.4 Å². The number of benzene rings is 1. The second kappa shape index (κ2) is 6.25. The van der Waals surface area contributed by atoms with Crippen LogP contribution in [0, 0.1) is 5.82 Å². The van der Waals surface area contributed by atoms with E-state index in [-0.39, 0.29) is 5.56 Å². The summed E-state index contributed by atoms with van der Waals surface area (Å²) >= 11 is -1.95. The van der Waals surface area contributed by atoms with E-state index in [0.717, 1.165) is 18.2 Å². The first-order valence-corrected chi connectivity index (χ1v) is 7.16. The van der Waals surface area contributed by atoms with Crippen LogP contribution >= 0.6 is 0 Å². The number of carboxylic acid groups (broad SMARTS) is 1. The highest BCUT2D eigenvalue weighted by Gasteiger charge is 2.51. The van der Waals surface area contributed by atoms with Gasteiger partial charge in [0.2, 0.25) is 0 Å². The summed E-state index contributed by atoms with van der Waals surface area (Å²) in [7, 11) is 0. The first kappa shape index (κ1) is 17.8. The molecule has 0 saturated heterocycles. The molecule has 0 saturated carbocycles. The fourth-order valence-corrected chi connectivity index (χ4v) is 2.30. The van der Waals surface area contributed by atoms with Gasteiger partial charge in [-0.25, -0.2) is 9.18 Å². The van der Waals surface area contributed by atoms with Crippen molar-refractivity contribution in [3.8, 4) is 0 Å². The first-order valence-electron chi connectivity index (χ1n) is 6.01. The molecule has 0 bridgehead atoms. The van der Waals surface area contributed by atoms with Crippen molar-refractivity contribution in [1.82, 2.24) is 4.72 Å². The second-order valence-electron chi connectivity index (χ2n) is 5.42. The van der Waals surface area contributed by atoms with E-state index in [4.69, 9.17) is 5.11 Å². The maximum absolute atomic E-state index is 13.9. The number of hydrogen-bond acceptors (Lipinski definition) is 3. The van der Waals surface area contributed by atoms with Crippen molar-refractivity contribution in [3.05, 3.63) is 35.6 Å². The van der Waals surface area contributed by atoms with Gasteiger partial charge in [0.25, 0.3) is 0 Å². The molecule has 1 aromatic carbocycles. The Balaban J connectivity index is 3.21. The molecule has 0 radical (unpaired) electrons. The molecular weight excluding hydrogens is 307 g/mol. The van der Waals surface area contributed by atoms with Crippen molar-refractivity contribution in [1.29, 1.82) is 0 Å². The van der Waals surface area contributed by atoms with Gasteiger partial charge < -0.3 is 9.66 Å². The summed E-state index contributed by atoms with van der Waals surface area (Å²) in [5, 5.41) is 8.68. The van der Waals surface area contributed by atoms with Gasteiger partial charge in [0.15, 0.2) is 6.04 Å². The zero-order chi connectivity index (χ0) is 16.4. The molecule has 2 atom stereocenters. The quantitative estimate of drug-likeness (QED) is 0.817. The Morgan fingerprint density at radius 1 is 1.38 bits per heavy atom. The van der Waals surface area contributed by atoms with Crippen LogP contribution < -0.4 is 4.72 Å². The Bertz CT molecular complexity index is 520. The van der Waals surface area contributed by atoms with Crippen LogP contribution in [0.1, 0.15) is 32.4 Å². The Kier molecular flexibility index (Phi) is 5.30. The Hall–Kier alpha value is -1.25. The molecule has 0 aromatic heterocycles. The molecule has 2 unspecified atom stereocenters. The fraction of sp³-hybridized carbons (Fsp3) is 0.462. The summed E-state index contributed by atoms with van der Waals surface area (Å²) in [6.07, 6.45) is 0. The number of rotatable bonds is 5. The van der Waals surface area contributed by atoms with Crippen molar-refractivity contribution in [3.63, 3.8) is 0 Å². The summed E-state index contributed by atoms with van der Waals surface area (Å²) in [4.78, 5) is 10.8. The smallest absolute Gasteiger partial charge is 0.376 e. The minimum atomic E-state index is -4.24. The number of carbonyl (C=O) groups is 1. The van der Waals surface area contributed by atoms with Crippen molar-refractivity contribution in [2.24, 2.45) is 0 Å². The van der Waals surface area contributed by atoms with E-state index in [1.807, 2.05) is 0 Å². The average Bonchev–Trinajstić information content (AvgIpc) is 2.33.